The molecule has 0 aliphatic heterocycles. The van der Waals surface area contributed by atoms with Gasteiger partial charge < -0.3 is 18.9 Å². The van der Waals surface area contributed by atoms with Gasteiger partial charge in [0.15, 0.2) is 12.6 Å². The largest absolute Gasteiger partial charge is 0.351 e. The predicted octanol–water partition coefficient (Wildman–Crippen LogP) is 13.2. The molecule has 0 aromatic carbocycles. The fraction of sp³-hybridized carbons (Fsp3) is 1.00. The summed E-state index contributed by atoms with van der Waals surface area (Å²) in [6.07, 6.45) is 25.3. The highest BCUT2D eigenvalue weighted by atomic mass is 33.5. The molecule has 0 saturated carbocycles. The van der Waals surface area contributed by atoms with Gasteiger partial charge >= 0.3 is 0 Å². The lowest BCUT2D eigenvalue weighted by Crippen LogP contribution is -2.43. The van der Waals surface area contributed by atoms with Crippen molar-refractivity contribution in [3.63, 3.8) is 0 Å². The number of hydrogen-bond acceptors (Lipinski definition) is 7. The van der Waals surface area contributed by atoms with E-state index in [2.05, 4.69) is 55.4 Å². The molecule has 0 aliphatic carbocycles. The minimum Gasteiger partial charge on any atom is -0.351 e. The fourth-order valence-corrected chi connectivity index (χ4v) is 12.5. The van der Waals surface area contributed by atoms with Crippen LogP contribution in [-0.2, 0) is 18.9 Å². The lowest BCUT2D eigenvalue weighted by atomic mass is 9.95. The molecule has 0 N–H and O–H groups in total. The van der Waals surface area contributed by atoms with E-state index >= 15 is 0 Å². The van der Waals surface area contributed by atoms with Crippen LogP contribution in [0.2, 0.25) is 0 Å². The second kappa shape index (κ2) is 30.2. The summed E-state index contributed by atoms with van der Waals surface area (Å²) in [6.45, 7) is 20.3. The Morgan fingerprint density at radius 1 is 0.395 bits per heavy atom. The Hall–Kier alpha value is 0.890. The van der Waals surface area contributed by atoms with Gasteiger partial charge in [-0.2, -0.15) is 0 Å². The molecule has 0 amide bonds. The molecule has 0 aromatic heterocycles. The molecule has 0 spiro atoms. The minimum atomic E-state index is -0.187. The van der Waals surface area contributed by atoms with Crippen molar-refractivity contribution in [2.24, 2.45) is 0 Å². The quantitative estimate of drug-likeness (QED) is 0.0384. The SMILES string of the molecule is CCCCCCCCCCC(CC)(SSSC(CC)(CCCCCCCCCC)C(OCC)OCC)C(OCC)OCC. The number of hydrogen-bond donors (Lipinski definition) is 0. The van der Waals surface area contributed by atoms with Gasteiger partial charge in [-0.15, -0.1) is 0 Å². The lowest BCUT2D eigenvalue weighted by molar-refractivity contribution is -0.158. The molecule has 2 atom stereocenters. The van der Waals surface area contributed by atoms with Gasteiger partial charge in [-0.1, -0.05) is 152 Å². The van der Waals surface area contributed by atoms with Crippen LogP contribution in [0.5, 0.6) is 0 Å². The van der Waals surface area contributed by atoms with E-state index in [9.17, 15) is 0 Å². The van der Waals surface area contributed by atoms with Crippen LogP contribution in [0.4, 0.5) is 0 Å². The summed E-state index contributed by atoms with van der Waals surface area (Å²) in [5, 5.41) is 0. The van der Waals surface area contributed by atoms with Crippen LogP contribution in [0.25, 0.3) is 0 Å². The first-order chi connectivity index (χ1) is 21.0. The molecule has 0 aromatic rings. The Kier molecular flexibility index (Phi) is 30.9. The molecule has 0 rings (SSSR count). The molecule has 2 unspecified atom stereocenters. The smallest absolute Gasteiger partial charge is 0.172 e. The number of unbranched alkanes of at least 4 members (excludes halogenated alkanes) is 14. The van der Waals surface area contributed by atoms with E-state index in [1.807, 2.05) is 31.4 Å². The maximum atomic E-state index is 6.31. The van der Waals surface area contributed by atoms with Crippen molar-refractivity contribution in [2.45, 2.75) is 206 Å². The van der Waals surface area contributed by atoms with Gasteiger partial charge in [0, 0.05) is 26.4 Å². The van der Waals surface area contributed by atoms with Gasteiger partial charge in [0.1, 0.15) is 0 Å². The molecule has 260 valence electrons. The van der Waals surface area contributed by atoms with Crippen LogP contribution in [0.1, 0.15) is 184 Å². The first kappa shape index (κ1) is 43.9. The third-order valence-corrected chi connectivity index (χ3v) is 14.4. The zero-order valence-electron chi connectivity index (χ0n) is 30.0. The predicted molar refractivity (Wildman–Crippen MR) is 197 cm³/mol. The van der Waals surface area contributed by atoms with Gasteiger partial charge in [0.25, 0.3) is 0 Å². The highest BCUT2D eigenvalue weighted by molar-refractivity contribution is 9.09. The van der Waals surface area contributed by atoms with E-state index in [-0.39, 0.29) is 22.1 Å². The maximum Gasteiger partial charge on any atom is 0.172 e. The van der Waals surface area contributed by atoms with Crippen molar-refractivity contribution in [1.29, 1.82) is 0 Å². The number of rotatable bonds is 34. The fourth-order valence-electron chi connectivity index (χ4n) is 5.78. The molecule has 4 nitrogen and oxygen atoms in total. The minimum absolute atomic E-state index is 0.0728. The monoisotopic (exact) mass is 666 g/mol. The Labute approximate surface area is 281 Å². The lowest BCUT2D eigenvalue weighted by Gasteiger charge is -2.41. The summed E-state index contributed by atoms with van der Waals surface area (Å²) in [6, 6.07) is 0. The normalized spacial score (nSPS) is 14.9. The zero-order valence-corrected chi connectivity index (χ0v) is 32.4. The van der Waals surface area contributed by atoms with E-state index in [1.54, 1.807) is 0 Å². The maximum absolute atomic E-state index is 6.31. The molecule has 0 aliphatic rings. The second-order valence-electron chi connectivity index (χ2n) is 12.0. The summed E-state index contributed by atoms with van der Waals surface area (Å²) in [7, 11) is 5.95. The van der Waals surface area contributed by atoms with Crippen LogP contribution in [0.3, 0.4) is 0 Å². The van der Waals surface area contributed by atoms with Crippen molar-refractivity contribution in [1.82, 2.24) is 0 Å². The summed E-state index contributed by atoms with van der Waals surface area (Å²) < 4.78 is 25.1. The van der Waals surface area contributed by atoms with Gasteiger partial charge in [-0.25, -0.2) is 0 Å². The van der Waals surface area contributed by atoms with Crippen LogP contribution >= 0.6 is 31.4 Å². The van der Waals surface area contributed by atoms with Crippen LogP contribution < -0.4 is 0 Å². The molecule has 43 heavy (non-hydrogen) atoms. The van der Waals surface area contributed by atoms with Crippen LogP contribution in [0.15, 0.2) is 0 Å². The van der Waals surface area contributed by atoms with E-state index in [0.29, 0.717) is 26.4 Å². The molecule has 0 fully saturated rings. The van der Waals surface area contributed by atoms with Crippen LogP contribution in [-0.4, -0.2) is 48.5 Å². The first-order valence-corrected chi connectivity index (χ1v) is 22.0. The van der Waals surface area contributed by atoms with Crippen molar-refractivity contribution in [3.05, 3.63) is 0 Å². The Bertz CT molecular complexity index is 525. The summed E-state index contributed by atoms with van der Waals surface area (Å²) >= 11 is 0. The van der Waals surface area contributed by atoms with E-state index < -0.39 is 0 Å². The van der Waals surface area contributed by atoms with Gasteiger partial charge in [0.05, 0.1) is 9.49 Å². The van der Waals surface area contributed by atoms with Crippen molar-refractivity contribution in [2.75, 3.05) is 26.4 Å². The zero-order chi connectivity index (χ0) is 32.1. The average Bonchev–Trinajstić information content (AvgIpc) is 3.01. The molecule has 0 bridgehead atoms. The molecular weight excluding hydrogens is 593 g/mol. The van der Waals surface area contributed by atoms with Gasteiger partial charge in [-0.05, 0) is 63.2 Å². The van der Waals surface area contributed by atoms with Crippen LogP contribution in [0, 0.1) is 0 Å². The van der Waals surface area contributed by atoms with Crippen molar-refractivity contribution >= 4 is 31.4 Å². The summed E-state index contributed by atoms with van der Waals surface area (Å²) in [5.41, 5.74) is 0. The third kappa shape index (κ3) is 19.3. The topological polar surface area (TPSA) is 36.9 Å². The molecule has 0 saturated heterocycles. The molecule has 0 radical (unpaired) electrons. The van der Waals surface area contributed by atoms with E-state index in [4.69, 9.17) is 18.9 Å². The number of ether oxygens (including phenoxy) is 4. The summed E-state index contributed by atoms with van der Waals surface area (Å²) in [4.78, 5) is 0. The van der Waals surface area contributed by atoms with E-state index in [1.165, 1.54) is 103 Å². The Morgan fingerprint density at radius 2 is 0.674 bits per heavy atom. The average molecular weight is 667 g/mol. The molecule has 7 heteroatoms. The Morgan fingerprint density at radius 3 is 0.930 bits per heavy atom. The third-order valence-electron chi connectivity index (χ3n) is 8.64. The molecule has 0 heterocycles. The summed E-state index contributed by atoms with van der Waals surface area (Å²) in [5.74, 6) is 0. The van der Waals surface area contributed by atoms with Crippen molar-refractivity contribution < 1.29 is 18.9 Å². The Balaban J connectivity index is 5.53. The standard InChI is InChI=1S/C36H74O4S3/c1-9-17-19-21-23-25-27-29-31-35(11-3,33(37-13-5)38-14-6)41-43-42-36(12-4,34(39-15-7)40-16-8)32-30-28-26-24-22-20-18-10-2/h33-34H,9-32H2,1-8H3. The highest BCUT2D eigenvalue weighted by Crippen LogP contribution is 2.56. The second-order valence-corrected chi connectivity index (χ2v) is 16.7. The van der Waals surface area contributed by atoms with Gasteiger partial charge in [0.2, 0.25) is 0 Å². The van der Waals surface area contributed by atoms with Gasteiger partial charge in [-0.3, -0.25) is 0 Å². The highest BCUT2D eigenvalue weighted by Gasteiger charge is 2.43. The molecular formula is C36H74O4S3. The first-order valence-electron chi connectivity index (χ1n) is 18.5. The van der Waals surface area contributed by atoms with E-state index in [0.717, 1.165) is 25.7 Å². The van der Waals surface area contributed by atoms with Crippen molar-refractivity contribution in [3.8, 4) is 0 Å².